The number of carbonyl (C=O) groups is 1. The maximum Gasteiger partial charge on any atom is 0.243 e. The molecular formula is C14H18N4O2. The van der Waals surface area contributed by atoms with Crippen molar-refractivity contribution in [3.8, 4) is 5.75 Å². The number of hydrogen-bond donors (Lipinski definition) is 0. The number of aryl methyl sites for hydroxylation is 1. The Morgan fingerprint density at radius 3 is 2.90 bits per heavy atom. The molecule has 2 rings (SSSR count). The summed E-state index contributed by atoms with van der Waals surface area (Å²) in [4.78, 5) is 13.1. The quantitative estimate of drug-likeness (QED) is 0.823. The first-order chi connectivity index (χ1) is 9.54. The lowest BCUT2D eigenvalue weighted by Gasteiger charge is -2.08. The molecule has 2 aromatic rings. The number of aromatic nitrogens is 3. The molecule has 0 aliphatic carbocycles. The summed E-state index contributed by atoms with van der Waals surface area (Å²) in [6.45, 7) is 2.53. The Morgan fingerprint density at radius 1 is 1.40 bits per heavy atom. The van der Waals surface area contributed by atoms with Crippen molar-refractivity contribution in [3.63, 3.8) is 0 Å². The molecule has 0 fully saturated rings. The summed E-state index contributed by atoms with van der Waals surface area (Å²) in [5.74, 6) is 0.768. The van der Waals surface area contributed by atoms with Crippen LogP contribution in [0.2, 0.25) is 0 Å². The Labute approximate surface area is 118 Å². The molecule has 0 aliphatic heterocycles. The second kappa shape index (κ2) is 6.18. The van der Waals surface area contributed by atoms with E-state index in [9.17, 15) is 4.79 Å². The number of benzene rings is 1. The largest absolute Gasteiger partial charge is 0.487 e. The summed E-state index contributed by atoms with van der Waals surface area (Å²) in [5.41, 5.74) is 1.83. The molecule has 106 valence electrons. The van der Waals surface area contributed by atoms with E-state index in [2.05, 4.69) is 10.3 Å². The molecule has 0 unspecified atom stereocenters. The lowest BCUT2D eigenvalue weighted by Crippen LogP contribution is -2.26. The molecule has 0 spiro atoms. The molecular weight excluding hydrogens is 256 g/mol. The fraction of sp³-hybridized carbons (Fsp3) is 0.357. The molecule has 1 heterocycles. The number of hydrogen-bond acceptors (Lipinski definition) is 4. The molecule has 1 amide bonds. The molecule has 0 saturated heterocycles. The van der Waals surface area contributed by atoms with Gasteiger partial charge in [-0.05, 0) is 24.6 Å². The van der Waals surface area contributed by atoms with Gasteiger partial charge in [0.1, 0.15) is 24.6 Å². The highest BCUT2D eigenvalue weighted by Crippen LogP contribution is 2.13. The van der Waals surface area contributed by atoms with Gasteiger partial charge in [0, 0.05) is 14.1 Å². The van der Waals surface area contributed by atoms with Gasteiger partial charge in [0.05, 0.1) is 6.20 Å². The third-order valence-corrected chi connectivity index (χ3v) is 2.76. The highest BCUT2D eigenvalue weighted by atomic mass is 16.5. The van der Waals surface area contributed by atoms with Crippen LogP contribution in [0.4, 0.5) is 0 Å². The summed E-state index contributed by atoms with van der Waals surface area (Å²) in [5, 5.41) is 7.89. The fourth-order valence-electron chi connectivity index (χ4n) is 1.62. The Balaban J connectivity index is 1.91. The van der Waals surface area contributed by atoms with Gasteiger partial charge in [-0.1, -0.05) is 17.3 Å². The predicted molar refractivity (Wildman–Crippen MR) is 74.2 cm³/mol. The van der Waals surface area contributed by atoms with Crippen molar-refractivity contribution in [2.45, 2.75) is 20.1 Å². The van der Waals surface area contributed by atoms with Crippen LogP contribution in [0, 0.1) is 6.92 Å². The van der Waals surface area contributed by atoms with Gasteiger partial charge >= 0.3 is 0 Å². The van der Waals surface area contributed by atoms with E-state index in [-0.39, 0.29) is 12.5 Å². The summed E-state index contributed by atoms with van der Waals surface area (Å²) in [7, 11) is 3.42. The summed E-state index contributed by atoms with van der Waals surface area (Å²) in [6.07, 6.45) is 1.72. The van der Waals surface area contributed by atoms with Gasteiger partial charge in [-0.15, -0.1) is 5.10 Å². The zero-order chi connectivity index (χ0) is 14.5. The Kier molecular flexibility index (Phi) is 4.34. The fourth-order valence-corrected chi connectivity index (χ4v) is 1.62. The van der Waals surface area contributed by atoms with E-state index in [1.807, 2.05) is 31.2 Å². The minimum Gasteiger partial charge on any atom is -0.487 e. The van der Waals surface area contributed by atoms with Gasteiger partial charge in [0.15, 0.2) is 0 Å². The van der Waals surface area contributed by atoms with Crippen LogP contribution in [0.15, 0.2) is 30.5 Å². The van der Waals surface area contributed by atoms with E-state index in [1.165, 1.54) is 9.58 Å². The maximum absolute atomic E-state index is 11.5. The van der Waals surface area contributed by atoms with Crippen molar-refractivity contribution < 1.29 is 9.53 Å². The third-order valence-electron chi connectivity index (χ3n) is 2.76. The minimum absolute atomic E-state index is 0.0268. The first kappa shape index (κ1) is 14.0. The van der Waals surface area contributed by atoms with Gasteiger partial charge < -0.3 is 9.64 Å². The molecule has 0 atom stereocenters. The van der Waals surface area contributed by atoms with Crippen LogP contribution in [-0.4, -0.2) is 39.9 Å². The monoisotopic (exact) mass is 274 g/mol. The normalized spacial score (nSPS) is 10.3. The number of nitrogens with zero attached hydrogens (tertiary/aromatic N) is 4. The number of carbonyl (C=O) groups excluding carboxylic acids is 1. The molecule has 0 bridgehead atoms. The number of rotatable bonds is 5. The summed E-state index contributed by atoms with van der Waals surface area (Å²) < 4.78 is 7.14. The van der Waals surface area contributed by atoms with Crippen LogP contribution in [0.25, 0.3) is 0 Å². The van der Waals surface area contributed by atoms with Crippen LogP contribution < -0.4 is 4.74 Å². The van der Waals surface area contributed by atoms with Crippen LogP contribution in [0.3, 0.4) is 0 Å². The average Bonchev–Trinajstić information content (AvgIpc) is 2.84. The molecule has 1 aromatic heterocycles. The highest BCUT2D eigenvalue weighted by Gasteiger charge is 2.08. The molecule has 20 heavy (non-hydrogen) atoms. The van der Waals surface area contributed by atoms with Crippen molar-refractivity contribution in [2.75, 3.05) is 14.1 Å². The van der Waals surface area contributed by atoms with Crippen molar-refractivity contribution >= 4 is 5.91 Å². The number of ether oxygens (including phenoxy) is 1. The Hall–Kier alpha value is -2.37. The average molecular weight is 274 g/mol. The highest BCUT2D eigenvalue weighted by molar-refractivity contribution is 5.75. The molecule has 1 aromatic carbocycles. The van der Waals surface area contributed by atoms with E-state index < -0.39 is 0 Å². The predicted octanol–water partition coefficient (Wildman–Crippen LogP) is 1.25. The van der Waals surface area contributed by atoms with Gasteiger partial charge in [-0.25, -0.2) is 4.68 Å². The minimum atomic E-state index is -0.0268. The van der Waals surface area contributed by atoms with Crippen LogP contribution in [-0.2, 0) is 17.9 Å². The van der Waals surface area contributed by atoms with Crippen molar-refractivity contribution in [3.05, 3.63) is 41.7 Å². The van der Waals surface area contributed by atoms with Crippen molar-refractivity contribution in [1.29, 1.82) is 0 Å². The molecule has 0 aliphatic rings. The molecule has 6 nitrogen and oxygen atoms in total. The van der Waals surface area contributed by atoms with Crippen molar-refractivity contribution in [1.82, 2.24) is 19.9 Å². The molecule has 0 saturated carbocycles. The summed E-state index contributed by atoms with van der Waals surface area (Å²) in [6, 6.07) is 7.81. The van der Waals surface area contributed by atoms with Crippen LogP contribution in [0.1, 0.15) is 11.3 Å². The van der Waals surface area contributed by atoms with E-state index >= 15 is 0 Å². The zero-order valence-electron chi connectivity index (χ0n) is 11.9. The molecule has 0 N–H and O–H groups in total. The standard InChI is InChI=1S/C14H18N4O2/c1-11-5-4-6-13(7-11)20-10-12-8-18(16-15-12)9-14(19)17(2)3/h4-8H,9-10H2,1-3H3. The second-order valence-corrected chi connectivity index (χ2v) is 4.80. The van der Waals surface area contributed by atoms with Gasteiger partial charge in [0.2, 0.25) is 5.91 Å². The maximum atomic E-state index is 11.5. The van der Waals surface area contributed by atoms with E-state index in [0.29, 0.717) is 12.3 Å². The second-order valence-electron chi connectivity index (χ2n) is 4.80. The zero-order valence-corrected chi connectivity index (χ0v) is 11.9. The van der Waals surface area contributed by atoms with E-state index in [0.717, 1.165) is 11.3 Å². The van der Waals surface area contributed by atoms with Gasteiger partial charge in [0.25, 0.3) is 0 Å². The third kappa shape index (κ3) is 3.81. The van der Waals surface area contributed by atoms with Crippen molar-refractivity contribution in [2.24, 2.45) is 0 Å². The first-order valence-electron chi connectivity index (χ1n) is 6.33. The lowest BCUT2D eigenvalue weighted by atomic mass is 10.2. The topological polar surface area (TPSA) is 60.2 Å². The summed E-state index contributed by atoms with van der Waals surface area (Å²) >= 11 is 0. The van der Waals surface area contributed by atoms with Crippen LogP contribution >= 0.6 is 0 Å². The van der Waals surface area contributed by atoms with Gasteiger partial charge in [-0.2, -0.15) is 0 Å². The number of likely N-dealkylation sites (N-methyl/N-ethyl adjacent to an activating group) is 1. The Morgan fingerprint density at radius 2 is 2.20 bits per heavy atom. The first-order valence-corrected chi connectivity index (χ1v) is 6.33. The number of amides is 1. The Bertz CT molecular complexity index is 592. The molecule has 6 heteroatoms. The SMILES string of the molecule is Cc1cccc(OCc2cn(CC(=O)N(C)C)nn2)c1. The molecule has 0 radical (unpaired) electrons. The lowest BCUT2D eigenvalue weighted by molar-refractivity contribution is -0.129. The van der Waals surface area contributed by atoms with Crippen LogP contribution in [0.5, 0.6) is 5.75 Å². The van der Waals surface area contributed by atoms with Gasteiger partial charge in [-0.3, -0.25) is 4.79 Å². The van der Waals surface area contributed by atoms with E-state index in [4.69, 9.17) is 4.74 Å². The van der Waals surface area contributed by atoms with E-state index in [1.54, 1.807) is 20.3 Å². The smallest absolute Gasteiger partial charge is 0.243 e.